The van der Waals surface area contributed by atoms with Crippen molar-refractivity contribution >= 4 is 16.9 Å². The number of carboxylic acid groups (broad SMARTS) is 1. The summed E-state index contributed by atoms with van der Waals surface area (Å²) in [6.45, 7) is 5.70. The van der Waals surface area contributed by atoms with Gasteiger partial charge < -0.3 is 9.52 Å². The Balaban J connectivity index is 2.29. The van der Waals surface area contributed by atoms with Crippen LogP contribution in [0.2, 0.25) is 0 Å². The summed E-state index contributed by atoms with van der Waals surface area (Å²) in [5.74, 6) is -0.493. The van der Waals surface area contributed by atoms with Crippen molar-refractivity contribution in [3.63, 3.8) is 0 Å². The number of carbonyl (C=O) groups is 1. The van der Waals surface area contributed by atoms with Crippen molar-refractivity contribution in [2.75, 3.05) is 0 Å². The molecule has 1 aliphatic carbocycles. The lowest BCUT2D eigenvalue weighted by molar-refractivity contribution is 0.0697. The van der Waals surface area contributed by atoms with Gasteiger partial charge in [0.15, 0.2) is 5.43 Å². The van der Waals surface area contributed by atoms with E-state index in [9.17, 15) is 14.7 Å². The molecule has 0 radical (unpaired) electrons. The number of aryl methyl sites for hydroxylation is 2. The number of hydrogen-bond acceptors (Lipinski definition) is 3. The SMILES string of the molecule is Cc1ccc2c(-c3ccccc3C(=O)O)c3ccc(=O)c(C)c-3oc2c1C. The maximum Gasteiger partial charge on any atom is 0.336 e. The Bertz CT molecular complexity index is 1250. The topological polar surface area (TPSA) is 67.5 Å². The summed E-state index contributed by atoms with van der Waals surface area (Å²) in [5.41, 5.74) is 5.46. The van der Waals surface area contributed by atoms with Crippen LogP contribution in [-0.4, -0.2) is 11.1 Å². The van der Waals surface area contributed by atoms with Crippen LogP contribution in [0.3, 0.4) is 0 Å². The van der Waals surface area contributed by atoms with Crippen molar-refractivity contribution in [1.82, 2.24) is 0 Å². The van der Waals surface area contributed by atoms with E-state index in [4.69, 9.17) is 4.42 Å². The third kappa shape index (κ3) is 2.53. The van der Waals surface area contributed by atoms with Crippen molar-refractivity contribution < 1.29 is 14.3 Å². The van der Waals surface area contributed by atoms with Crippen molar-refractivity contribution in [1.29, 1.82) is 0 Å². The Labute approximate surface area is 156 Å². The Morgan fingerprint density at radius 1 is 0.889 bits per heavy atom. The van der Waals surface area contributed by atoms with Crippen molar-refractivity contribution in [2.45, 2.75) is 20.8 Å². The van der Waals surface area contributed by atoms with Gasteiger partial charge in [-0.25, -0.2) is 4.79 Å². The van der Waals surface area contributed by atoms with E-state index in [1.165, 1.54) is 6.07 Å². The summed E-state index contributed by atoms with van der Waals surface area (Å²) in [6, 6.07) is 14.1. The third-order valence-electron chi connectivity index (χ3n) is 5.20. The maximum absolute atomic E-state index is 12.2. The summed E-state index contributed by atoms with van der Waals surface area (Å²) in [4.78, 5) is 24.0. The van der Waals surface area contributed by atoms with Crippen LogP contribution in [0.5, 0.6) is 0 Å². The van der Waals surface area contributed by atoms with Gasteiger partial charge in [-0.3, -0.25) is 4.79 Å². The quantitative estimate of drug-likeness (QED) is 0.501. The summed E-state index contributed by atoms with van der Waals surface area (Å²) in [6.07, 6.45) is 0. The molecule has 2 aromatic rings. The fraction of sp³-hybridized carbons (Fsp3) is 0.130. The molecule has 0 bridgehead atoms. The summed E-state index contributed by atoms with van der Waals surface area (Å²) >= 11 is 0. The fourth-order valence-corrected chi connectivity index (χ4v) is 3.55. The highest BCUT2D eigenvalue weighted by molar-refractivity contribution is 6.08. The molecule has 1 heterocycles. The van der Waals surface area contributed by atoms with E-state index in [0.717, 1.165) is 27.6 Å². The molecule has 4 rings (SSSR count). The average Bonchev–Trinajstić information content (AvgIpc) is 2.66. The zero-order valence-electron chi connectivity index (χ0n) is 15.3. The van der Waals surface area contributed by atoms with Gasteiger partial charge in [0, 0.05) is 22.1 Å². The second kappa shape index (κ2) is 6.09. The number of aromatic carboxylic acids is 1. The van der Waals surface area contributed by atoms with Gasteiger partial charge in [0.2, 0.25) is 0 Å². The monoisotopic (exact) mass is 358 g/mol. The van der Waals surface area contributed by atoms with Crippen LogP contribution in [0.25, 0.3) is 33.4 Å². The molecule has 0 fully saturated rings. The first-order valence-corrected chi connectivity index (χ1v) is 8.69. The van der Waals surface area contributed by atoms with Crippen LogP contribution in [0.15, 0.2) is 57.7 Å². The molecule has 2 aromatic carbocycles. The molecule has 1 aliphatic heterocycles. The minimum Gasteiger partial charge on any atom is -0.478 e. The Morgan fingerprint density at radius 2 is 1.63 bits per heavy atom. The molecule has 0 atom stereocenters. The van der Waals surface area contributed by atoms with Crippen molar-refractivity contribution in [3.8, 4) is 22.5 Å². The second-order valence-electron chi connectivity index (χ2n) is 6.78. The third-order valence-corrected chi connectivity index (χ3v) is 5.20. The molecule has 2 aliphatic rings. The summed E-state index contributed by atoms with van der Waals surface area (Å²) < 4.78 is 6.18. The molecule has 0 saturated heterocycles. The minimum atomic E-state index is -0.992. The van der Waals surface area contributed by atoms with Gasteiger partial charge in [-0.1, -0.05) is 30.3 Å². The number of benzene rings is 3. The first-order valence-electron chi connectivity index (χ1n) is 8.69. The molecule has 0 unspecified atom stereocenters. The highest BCUT2D eigenvalue weighted by Crippen LogP contribution is 2.43. The Morgan fingerprint density at radius 3 is 2.37 bits per heavy atom. The molecule has 0 saturated carbocycles. The van der Waals surface area contributed by atoms with E-state index >= 15 is 0 Å². The first-order chi connectivity index (χ1) is 12.9. The molecule has 4 heteroatoms. The molecule has 0 amide bonds. The van der Waals surface area contributed by atoms with E-state index in [-0.39, 0.29) is 11.0 Å². The predicted octanol–water partition coefficient (Wildman–Crippen LogP) is 5.19. The highest BCUT2D eigenvalue weighted by Gasteiger charge is 2.23. The fourth-order valence-electron chi connectivity index (χ4n) is 3.55. The number of rotatable bonds is 2. The van der Waals surface area contributed by atoms with E-state index in [1.54, 1.807) is 31.2 Å². The van der Waals surface area contributed by atoms with Crippen molar-refractivity contribution in [3.05, 3.63) is 81.0 Å². The smallest absolute Gasteiger partial charge is 0.336 e. The number of fused-ring (bicyclic) bond motifs is 2. The van der Waals surface area contributed by atoms with E-state index in [0.29, 0.717) is 22.5 Å². The van der Waals surface area contributed by atoms with Crippen LogP contribution in [0, 0.1) is 20.8 Å². The van der Waals surface area contributed by atoms with Gasteiger partial charge in [-0.05, 0) is 55.7 Å². The predicted molar refractivity (Wildman–Crippen MR) is 106 cm³/mol. The molecule has 27 heavy (non-hydrogen) atoms. The number of hydrogen-bond donors (Lipinski definition) is 1. The van der Waals surface area contributed by atoms with Gasteiger partial charge in [-0.2, -0.15) is 0 Å². The lowest BCUT2D eigenvalue weighted by atomic mass is 9.88. The van der Waals surface area contributed by atoms with Crippen LogP contribution in [-0.2, 0) is 0 Å². The van der Waals surface area contributed by atoms with Crippen LogP contribution < -0.4 is 5.43 Å². The number of carboxylic acids is 1. The standard InChI is InChI=1S/C23H18O4/c1-12-8-9-17-20(15-6-4-5-7-16(15)23(25)26)18-10-11-19(24)14(3)22(18)27-21(17)13(12)2/h4-11H,1-3H3,(H,25,26). The van der Waals surface area contributed by atoms with E-state index in [1.807, 2.05) is 32.0 Å². The molecular formula is C23H18O4. The molecule has 134 valence electrons. The largest absolute Gasteiger partial charge is 0.478 e. The van der Waals surface area contributed by atoms with Crippen LogP contribution >= 0.6 is 0 Å². The molecule has 4 nitrogen and oxygen atoms in total. The summed E-state index contributed by atoms with van der Waals surface area (Å²) in [7, 11) is 0. The maximum atomic E-state index is 12.2. The zero-order valence-corrected chi connectivity index (χ0v) is 15.3. The summed E-state index contributed by atoms with van der Waals surface area (Å²) in [5, 5.41) is 10.5. The Kier molecular flexibility index (Phi) is 3.84. The minimum absolute atomic E-state index is 0.103. The van der Waals surface area contributed by atoms with Gasteiger partial charge in [0.05, 0.1) is 5.56 Å². The highest BCUT2D eigenvalue weighted by atomic mass is 16.4. The molecule has 1 N–H and O–H groups in total. The average molecular weight is 358 g/mol. The lowest BCUT2D eigenvalue weighted by Gasteiger charge is -2.19. The van der Waals surface area contributed by atoms with Gasteiger partial charge in [0.25, 0.3) is 0 Å². The lowest BCUT2D eigenvalue weighted by Crippen LogP contribution is -2.08. The van der Waals surface area contributed by atoms with E-state index < -0.39 is 5.97 Å². The normalized spacial score (nSPS) is 11.2. The zero-order chi connectivity index (χ0) is 19.3. The molecule has 0 aromatic heterocycles. The van der Waals surface area contributed by atoms with Crippen molar-refractivity contribution in [2.24, 2.45) is 0 Å². The van der Waals surface area contributed by atoms with Crippen LogP contribution in [0.1, 0.15) is 27.0 Å². The van der Waals surface area contributed by atoms with Crippen LogP contribution in [0.4, 0.5) is 0 Å². The van der Waals surface area contributed by atoms with Gasteiger partial charge in [-0.15, -0.1) is 0 Å². The second-order valence-corrected chi connectivity index (χ2v) is 6.78. The van der Waals surface area contributed by atoms with Gasteiger partial charge in [0.1, 0.15) is 11.3 Å². The molecule has 0 spiro atoms. The Hall–Kier alpha value is -3.40. The van der Waals surface area contributed by atoms with E-state index in [2.05, 4.69) is 0 Å². The first kappa shape index (κ1) is 17.0. The van der Waals surface area contributed by atoms with Gasteiger partial charge >= 0.3 is 5.97 Å². The molecular weight excluding hydrogens is 340 g/mol.